The van der Waals surface area contributed by atoms with Crippen LogP contribution in [0.25, 0.3) is 0 Å². The van der Waals surface area contributed by atoms with Gasteiger partial charge in [-0.2, -0.15) is 0 Å². The normalized spacial score (nSPS) is 17.8. The second-order valence-electron chi connectivity index (χ2n) is 8.86. The van der Waals surface area contributed by atoms with Crippen LogP contribution in [0, 0.1) is 5.41 Å². The Bertz CT molecular complexity index is 964. The van der Waals surface area contributed by atoms with Crippen molar-refractivity contribution < 1.29 is 19.1 Å². The number of nitrogens with zero attached hydrogens (tertiary/aromatic N) is 1. The van der Waals surface area contributed by atoms with Crippen LogP contribution in [0.1, 0.15) is 45.1 Å². The molecule has 6 heteroatoms. The molecule has 0 bridgehead atoms. The number of para-hydroxylation sites is 1. The van der Waals surface area contributed by atoms with Crippen LogP contribution < -0.4 is 19.7 Å². The van der Waals surface area contributed by atoms with Crippen LogP contribution >= 0.6 is 0 Å². The van der Waals surface area contributed by atoms with Gasteiger partial charge in [-0.1, -0.05) is 39.0 Å². The maximum atomic E-state index is 12.9. The summed E-state index contributed by atoms with van der Waals surface area (Å²) in [5.74, 6) is 1.64. The van der Waals surface area contributed by atoms with Crippen molar-refractivity contribution in [2.45, 2.75) is 39.5 Å². The Balaban J connectivity index is 1.50. The molecule has 0 spiro atoms. The summed E-state index contributed by atoms with van der Waals surface area (Å²) in [7, 11) is 0. The molecule has 1 unspecified atom stereocenters. The highest BCUT2D eigenvalue weighted by atomic mass is 16.5. The largest absolute Gasteiger partial charge is 0.493 e. The third-order valence-electron chi connectivity index (χ3n) is 5.51. The molecule has 2 heterocycles. The minimum Gasteiger partial charge on any atom is -0.493 e. The van der Waals surface area contributed by atoms with E-state index < -0.39 is 5.41 Å². The first-order valence-electron chi connectivity index (χ1n) is 10.4. The monoisotopic (exact) mass is 408 g/mol. The summed E-state index contributed by atoms with van der Waals surface area (Å²) < 4.78 is 11.4. The molecule has 0 aromatic heterocycles. The summed E-state index contributed by atoms with van der Waals surface area (Å²) in [6.07, 6.45) is 1.20. The van der Waals surface area contributed by atoms with Crippen molar-refractivity contribution in [2.24, 2.45) is 5.41 Å². The van der Waals surface area contributed by atoms with Gasteiger partial charge in [0.15, 0.2) is 0 Å². The number of anilines is 2. The molecule has 0 saturated carbocycles. The summed E-state index contributed by atoms with van der Waals surface area (Å²) in [6.45, 7) is 7.30. The summed E-state index contributed by atoms with van der Waals surface area (Å²) in [5, 5.41) is 3.00. The Kier molecular flexibility index (Phi) is 5.41. The van der Waals surface area contributed by atoms with Crippen molar-refractivity contribution in [3.63, 3.8) is 0 Å². The van der Waals surface area contributed by atoms with Crippen molar-refractivity contribution >= 4 is 23.2 Å². The van der Waals surface area contributed by atoms with E-state index in [1.54, 1.807) is 4.90 Å². The van der Waals surface area contributed by atoms with Gasteiger partial charge in [-0.05, 0) is 42.2 Å². The van der Waals surface area contributed by atoms with Crippen molar-refractivity contribution in [1.29, 1.82) is 0 Å². The molecule has 2 aromatic carbocycles. The van der Waals surface area contributed by atoms with Crippen LogP contribution in [0.15, 0.2) is 42.5 Å². The number of rotatable bonds is 3. The summed E-state index contributed by atoms with van der Waals surface area (Å²) >= 11 is 0. The topological polar surface area (TPSA) is 67.9 Å². The van der Waals surface area contributed by atoms with Gasteiger partial charge in [0.05, 0.1) is 18.8 Å². The van der Waals surface area contributed by atoms with Crippen LogP contribution in [-0.4, -0.2) is 31.6 Å². The number of hydrogen-bond acceptors (Lipinski definition) is 4. The number of carbonyl (C=O) groups excluding carboxylic acids is 2. The smallest absolute Gasteiger partial charge is 0.232 e. The van der Waals surface area contributed by atoms with Gasteiger partial charge in [-0.15, -0.1) is 0 Å². The van der Waals surface area contributed by atoms with Gasteiger partial charge in [0.1, 0.15) is 18.1 Å². The minimum absolute atomic E-state index is 0.0364. The molecule has 0 aliphatic carbocycles. The molecule has 1 N–H and O–H groups in total. The van der Waals surface area contributed by atoms with Crippen LogP contribution in [0.2, 0.25) is 0 Å². The maximum Gasteiger partial charge on any atom is 0.232 e. The van der Waals surface area contributed by atoms with E-state index in [2.05, 4.69) is 5.32 Å². The van der Waals surface area contributed by atoms with Gasteiger partial charge in [-0.3, -0.25) is 9.59 Å². The highest BCUT2D eigenvalue weighted by molar-refractivity contribution is 6.00. The fourth-order valence-corrected chi connectivity index (χ4v) is 3.98. The van der Waals surface area contributed by atoms with Crippen LogP contribution in [0.3, 0.4) is 0 Å². The third-order valence-corrected chi connectivity index (χ3v) is 5.51. The first kappa shape index (κ1) is 20.3. The minimum atomic E-state index is -0.496. The Morgan fingerprint density at radius 1 is 1.07 bits per heavy atom. The molecule has 1 atom stereocenters. The van der Waals surface area contributed by atoms with E-state index >= 15 is 0 Å². The van der Waals surface area contributed by atoms with E-state index in [1.807, 2.05) is 63.2 Å². The molecule has 30 heavy (non-hydrogen) atoms. The summed E-state index contributed by atoms with van der Waals surface area (Å²) in [6, 6.07) is 13.4. The van der Waals surface area contributed by atoms with Gasteiger partial charge in [0.2, 0.25) is 11.8 Å². The standard InChI is InChI=1S/C24H28N2O4/c1-24(2,3)23(28)26-11-13-30-21-9-8-17(15-19(21)26)25-22(27)14-16-10-12-29-20-7-5-4-6-18(16)20/h4-9,15-16H,10-14H2,1-3H3,(H,25,27). The quantitative estimate of drug-likeness (QED) is 0.820. The van der Waals surface area contributed by atoms with Crippen molar-refractivity contribution in [1.82, 2.24) is 0 Å². The van der Waals surface area contributed by atoms with E-state index in [0.717, 1.165) is 17.7 Å². The van der Waals surface area contributed by atoms with Crippen molar-refractivity contribution in [3.8, 4) is 11.5 Å². The third kappa shape index (κ3) is 4.13. The van der Waals surface area contributed by atoms with Gasteiger partial charge in [-0.25, -0.2) is 0 Å². The molecule has 2 amide bonds. The molecule has 2 aliphatic rings. The Morgan fingerprint density at radius 2 is 1.83 bits per heavy atom. The molecular weight excluding hydrogens is 380 g/mol. The lowest BCUT2D eigenvalue weighted by Gasteiger charge is -2.34. The SMILES string of the molecule is CC(C)(C)C(=O)N1CCOc2ccc(NC(=O)CC3CCOc4ccccc43)cc21. The number of benzene rings is 2. The van der Waals surface area contributed by atoms with Gasteiger partial charge < -0.3 is 19.7 Å². The lowest BCUT2D eigenvalue weighted by Crippen LogP contribution is -2.44. The fraction of sp³-hybridized carbons (Fsp3) is 0.417. The molecule has 158 valence electrons. The zero-order chi connectivity index (χ0) is 21.3. The predicted molar refractivity (Wildman–Crippen MR) is 116 cm³/mol. The summed E-state index contributed by atoms with van der Waals surface area (Å²) in [4.78, 5) is 27.4. The zero-order valence-electron chi connectivity index (χ0n) is 17.7. The second-order valence-corrected chi connectivity index (χ2v) is 8.86. The van der Waals surface area contributed by atoms with Gasteiger partial charge in [0.25, 0.3) is 0 Å². The van der Waals surface area contributed by atoms with E-state index in [9.17, 15) is 9.59 Å². The zero-order valence-corrected chi connectivity index (χ0v) is 17.7. The van der Waals surface area contributed by atoms with Gasteiger partial charge >= 0.3 is 0 Å². The molecule has 0 fully saturated rings. The highest BCUT2D eigenvalue weighted by Gasteiger charge is 2.32. The molecule has 0 saturated heterocycles. The second kappa shape index (κ2) is 8.01. The molecule has 0 radical (unpaired) electrons. The van der Waals surface area contributed by atoms with Gasteiger partial charge in [0, 0.05) is 17.5 Å². The average molecular weight is 408 g/mol. The van der Waals surface area contributed by atoms with Crippen LogP contribution in [0.5, 0.6) is 11.5 Å². The first-order valence-corrected chi connectivity index (χ1v) is 10.4. The molecule has 2 aliphatic heterocycles. The lowest BCUT2D eigenvalue weighted by molar-refractivity contribution is -0.126. The Morgan fingerprint density at radius 3 is 2.63 bits per heavy atom. The van der Waals surface area contributed by atoms with Crippen molar-refractivity contribution in [3.05, 3.63) is 48.0 Å². The molecule has 4 rings (SSSR count). The first-order chi connectivity index (χ1) is 14.3. The van der Waals surface area contributed by atoms with Crippen LogP contribution in [0.4, 0.5) is 11.4 Å². The Hall–Kier alpha value is -3.02. The number of fused-ring (bicyclic) bond motifs is 2. The predicted octanol–water partition coefficient (Wildman–Crippen LogP) is 4.35. The number of ether oxygens (including phenoxy) is 2. The number of amides is 2. The lowest BCUT2D eigenvalue weighted by atomic mass is 9.90. The maximum absolute atomic E-state index is 12.9. The average Bonchev–Trinajstić information content (AvgIpc) is 2.72. The molecular formula is C24H28N2O4. The van der Waals surface area contributed by atoms with E-state index in [4.69, 9.17) is 9.47 Å². The number of hydrogen-bond donors (Lipinski definition) is 1. The van der Waals surface area contributed by atoms with E-state index in [1.165, 1.54) is 0 Å². The molecule has 6 nitrogen and oxygen atoms in total. The van der Waals surface area contributed by atoms with E-state index in [0.29, 0.717) is 43.3 Å². The number of carbonyl (C=O) groups is 2. The summed E-state index contributed by atoms with van der Waals surface area (Å²) in [5.41, 5.74) is 1.95. The van der Waals surface area contributed by atoms with Crippen LogP contribution in [-0.2, 0) is 9.59 Å². The van der Waals surface area contributed by atoms with Crippen molar-refractivity contribution in [2.75, 3.05) is 30.0 Å². The fourth-order valence-electron chi connectivity index (χ4n) is 3.98. The van der Waals surface area contributed by atoms with E-state index in [-0.39, 0.29) is 17.7 Å². The Labute approximate surface area is 177 Å². The molecule has 2 aromatic rings. The highest BCUT2D eigenvalue weighted by Crippen LogP contribution is 2.38. The number of nitrogens with one attached hydrogen (secondary N) is 1.